The summed E-state index contributed by atoms with van der Waals surface area (Å²) >= 11 is 0. The lowest BCUT2D eigenvalue weighted by atomic mass is 9.95. The summed E-state index contributed by atoms with van der Waals surface area (Å²) in [5.74, 6) is 0.740. The molecule has 2 rings (SSSR count). The number of rotatable bonds is 8. The fourth-order valence-corrected chi connectivity index (χ4v) is 2.80. The zero-order valence-electron chi connectivity index (χ0n) is 16.5. The van der Waals surface area contributed by atoms with Crippen molar-refractivity contribution in [3.8, 4) is 11.5 Å². The summed E-state index contributed by atoms with van der Waals surface area (Å²) in [6, 6.07) is 4.40. The first-order valence-electron chi connectivity index (χ1n) is 9.26. The van der Waals surface area contributed by atoms with Crippen LogP contribution in [0.1, 0.15) is 52.6 Å². The molecule has 7 heteroatoms. The predicted molar refractivity (Wildman–Crippen MR) is 102 cm³/mol. The van der Waals surface area contributed by atoms with Gasteiger partial charge in [-0.15, -0.1) is 0 Å². The van der Waals surface area contributed by atoms with Crippen molar-refractivity contribution in [1.82, 2.24) is 10.6 Å². The standard InChI is InChI=1S/C20H28N2O5/c1-6-10-26-15-9-8-14(11-16(15)25-7-2)18-17(19(23)27-12(3)4)13(5)21-20(24)22-18/h8-9,11-12,18H,6-7,10H2,1-5H3,(H2,21,22,24). The number of nitrogens with one attached hydrogen (secondary N) is 2. The van der Waals surface area contributed by atoms with Crippen LogP contribution in [0.3, 0.4) is 0 Å². The van der Waals surface area contributed by atoms with Gasteiger partial charge in [0.1, 0.15) is 0 Å². The van der Waals surface area contributed by atoms with Gasteiger partial charge in [0.05, 0.1) is 30.9 Å². The van der Waals surface area contributed by atoms with E-state index in [-0.39, 0.29) is 12.1 Å². The smallest absolute Gasteiger partial charge is 0.338 e. The van der Waals surface area contributed by atoms with E-state index in [1.807, 2.05) is 19.9 Å². The number of amides is 2. The second-order valence-corrected chi connectivity index (χ2v) is 6.51. The molecule has 27 heavy (non-hydrogen) atoms. The van der Waals surface area contributed by atoms with Crippen LogP contribution < -0.4 is 20.1 Å². The summed E-state index contributed by atoms with van der Waals surface area (Å²) in [5.41, 5.74) is 1.55. The Morgan fingerprint density at radius 2 is 1.93 bits per heavy atom. The van der Waals surface area contributed by atoms with E-state index in [1.54, 1.807) is 32.9 Å². The Kier molecular flexibility index (Phi) is 7.10. The van der Waals surface area contributed by atoms with Crippen molar-refractivity contribution >= 4 is 12.0 Å². The van der Waals surface area contributed by atoms with E-state index >= 15 is 0 Å². The van der Waals surface area contributed by atoms with Crippen LogP contribution in [-0.2, 0) is 9.53 Å². The molecule has 1 aromatic rings. The first-order valence-corrected chi connectivity index (χ1v) is 9.26. The van der Waals surface area contributed by atoms with Gasteiger partial charge in [-0.05, 0) is 51.8 Å². The van der Waals surface area contributed by atoms with Gasteiger partial charge in [-0.1, -0.05) is 13.0 Å². The summed E-state index contributed by atoms with van der Waals surface area (Å²) < 4.78 is 16.8. The molecule has 0 saturated heterocycles. The fraction of sp³-hybridized carbons (Fsp3) is 0.500. The second-order valence-electron chi connectivity index (χ2n) is 6.51. The maximum absolute atomic E-state index is 12.6. The molecule has 1 aliphatic heterocycles. The van der Waals surface area contributed by atoms with Crippen molar-refractivity contribution < 1.29 is 23.8 Å². The van der Waals surface area contributed by atoms with Crippen LogP contribution in [0.5, 0.6) is 11.5 Å². The topological polar surface area (TPSA) is 85.9 Å². The molecule has 1 aliphatic rings. The molecule has 1 heterocycles. The molecule has 2 N–H and O–H groups in total. The molecule has 0 saturated carbocycles. The van der Waals surface area contributed by atoms with Gasteiger partial charge in [0.2, 0.25) is 0 Å². The highest BCUT2D eigenvalue weighted by atomic mass is 16.5. The van der Waals surface area contributed by atoms with Crippen LogP contribution >= 0.6 is 0 Å². The van der Waals surface area contributed by atoms with Crippen molar-refractivity contribution in [3.05, 3.63) is 35.0 Å². The number of hydrogen-bond acceptors (Lipinski definition) is 5. The van der Waals surface area contributed by atoms with E-state index in [4.69, 9.17) is 14.2 Å². The van der Waals surface area contributed by atoms with E-state index < -0.39 is 12.0 Å². The Balaban J connectivity index is 2.42. The first kappa shape index (κ1) is 20.6. The molecular formula is C20H28N2O5. The normalized spacial score (nSPS) is 16.7. The highest BCUT2D eigenvalue weighted by molar-refractivity contribution is 5.95. The predicted octanol–water partition coefficient (Wildman–Crippen LogP) is 3.45. The van der Waals surface area contributed by atoms with Crippen LogP contribution in [0.4, 0.5) is 4.79 Å². The van der Waals surface area contributed by atoms with Gasteiger partial charge < -0.3 is 24.8 Å². The van der Waals surface area contributed by atoms with Gasteiger partial charge >= 0.3 is 12.0 Å². The molecule has 0 aliphatic carbocycles. The minimum atomic E-state index is -0.635. The van der Waals surface area contributed by atoms with Crippen LogP contribution in [0.25, 0.3) is 0 Å². The van der Waals surface area contributed by atoms with E-state index in [1.165, 1.54) is 0 Å². The molecular weight excluding hydrogens is 348 g/mol. The van der Waals surface area contributed by atoms with Crippen LogP contribution in [0.15, 0.2) is 29.5 Å². The third-order valence-corrected chi connectivity index (χ3v) is 3.89. The molecule has 2 amide bonds. The SMILES string of the molecule is CCCOc1ccc(C2NC(=O)NC(C)=C2C(=O)OC(C)C)cc1OCC. The molecule has 0 spiro atoms. The molecule has 1 atom stereocenters. The quantitative estimate of drug-likeness (QED) is 0.679. The average molecular weight is 376 g/mol. The number of carbonyl (C=O) groups is 2. The number of urea groups is 1. The van der Waals surface area contributed by atoms with E-state index in [9.17, 15) is 9.59 Å². The molecule has 0 fully saturated rings. The maximum atomic E-state index is 12.6. The van der Waals surface area contributed by atoms with Gasteiger partial charge in [0.25, 0.3) is 0 Å². The Bertz CT molecular complexity index is 727. The molecule has 0 aromatic heterocycles. The van der Waals surface area contributed by atoms with E-state index in [2.05, 4.69) is 10.6 Å². The number of allylic oxidation sites excluding steroid dienone is 1. The monoisotopic (exact) mass is 376 g/mol. The summed E-state index contributed by atoms with van der Waals surface area (Å²) in [5, 5.41) is 5.43. The van der Waals surface area contributed by atoms with Crippen molar-refractivity contribution in [2.24, 2.45) is 0 Å². The van der Waals surface area contributed by atoms with E-state index in [0.29, 0.717) is 41.5 Å². The third-order valence-electron chi connectivity index (χ3n) is 3.89. The van der Waals surface area contributed by atoms with Gasteiger partial charge in [0, 0.05) is 5.70 Å². The Hall–Kier alpha value is -2.70. The number of ether oxygens (including phenoxy) is 3. The Morgan fingerprint density at radius 1 is 1.19 bits per heavy atom. The van der Waals surface area contributed by atoms with Crippen molar-refractivity contribution in [2.45, 2.75) is 53.2 Å². The fourth-order valence-electron chi connectivity index (χ4n) is 2.80. The summed E-state index contributed by atoms with van der Waals surface area (Å²) in [4.78, 5) is 24.6. The molecule has 7 nitrogen and oxygen atoms in total. The zero-order chi connectivity index (χ0) is 20.0. The second kappa shape index (κ2) is 9.30. The number of carbonyl (C=O) groups excluding carboxylic acids is 2. The lowest BCUT2D eigenvalue weighted by Crippen LogP contribution is -2.45. The largest absolute Gasteiger partial charge is 0.490 e. The van der Waals surface area contributed by atoms with Crippen LogP contribution in [-0.4, -0.2) is 31.3 Å². The number of hydrogen-bond donors (Lipinski definition) is 2. The summed E-state index contributed by atoms with van der Waals surface area (Å²) in [6.45, 7) is 10.2. The maximum Gasteiger partial charge on any atom is 0.338 e. The van der Waals surface area contributed by atoms with Crippen LogP contribution in [0.2, 0.25) is 0 Å². The minimum Gasteiger partial charge on any atom is -0.490 e. The van der Waals surface area contributed by atoms with Crippen molar-refractivity contribution in [2.75, 3.05) is 13.2 Å². The molecule has 148 valence electrons. The van der Waals surface area contributed by atoms with Gasteiger partial charge in [-0.25, -0.2) is 9.59 Å². The molecule has 1 aromatic carbocycles. The van der Waals surface area contributed by atoms with Gasteiger partial charge in [-0.2, -0.15) is 0 Å². The van der Waals surface area contributed by atoms with Crippen molar-refractivity contribution in [3.63, 3.8) is 0 Å². The molecule has 0 bridgehead atoms. The van der Waals surface area contributed by atoms with E-state index in [0.717, 1.165) is 6.42 Å². The first-order chi connectivity index (χ1) is 12.9. The molecule has 1 unspecified atom stereocenters. The number of benzene rings is 1. The summed E-state index contributed by atoms with van der Waals surface area (Å²) in [7, 11) is 0. The van der Waals surface area contributed by atoms with Gasteiger partial charge in [-0.3, -0.25) is 0 Å². The lowest BCUT2D eigenvalue weighted by molar-refractivity contribution is -0.143. The zero-order valence-corrected chi connectivity index (χ0v) is 16.5. The average Bonchev–Trinajstić information content (AvgIpc) is 2.59. The number of esters is 1. The molecule has 0 radical (unpaired) electrons. The highest BCUT2D eigenvalue weighted by Gasteiger charge is 2.33. The van der Waals surface area contributed by atoms with Crippen LogP contribution in [0, 0.1) is 0 Å². The van der Waals surface area contributed by atoms with Gasteiger partial charge in [0.15, 0.2) is 11.5 Å². The Labute approximate surface area is 160 Å². The highest BCUT2D eigenvalue weighted by Crippen LogP contribution is 2.35. The minimum absolute atomic E-state index is 0.264. The third kappa shape index (κ3) is 5.15. The lowest BCUT2D eigenvalue weighted by Gasteiger charge is -2.29. The summed E-state index contributed by atoms with van der Waals surface area (Å²) in [6.07, 6.45) is 0.616. The Morgan fingerprint density at radius 3 is 2.56 bits per heavy atom. The van der Waals surface area contributed by atoms with Crippen molar-refractivity contribution in [1.29, 1.82) is 0 Å².